The number of halogens is 3. The minimum Gasteiger partial charge on any atom is -0.497 e. The van der Waals surface area contributed by atoms with Gasteiger partial charge in [0.05, 0.1) is 25.6 Å². The van der Waals surface area contributed by atoms with E-state index in [1.807, 2.05) is 0 Å². The number of carbonyl (C=O) groups excluding carboxylic acids is 2. The predicted octanol–water partition coefficient (Wildman–Crippen LogP) is 4.45. The van der Waals surface area contributed by atoms with Crippen molar-refractivity contribution in [1.29, 1.82) is 0 Å². The van der Waals surface area contributed by atoms with Gasteiger partial charge in [0.15, 0.2) is 0 Å². The molecule has 0 spiro atoms. The number of amides is 2. The van der Waals surface area contributed by atoms with Gasteiger partial charge in [-0.1, -0.05) is 34.8 Å². The van der Waals surface area contributed by atoms with E-state index in [-0.39, 0.29) is 26.5 Å². The van der Waals surface area contributed by atoms with Crippen LogP contribution in [0.1, 0.15) is 0 Å². The van der Waals surface area contributed by atoms with Crippen molar-refractivity contribution in [3.8, 4) is 11.5 Å². The molecule has 0 fully saturated rings. The van der Waals surface area contributed by atoms with Gasteiger partial charge in [-0.3, -0.25) is 9.59 Å². The highest BCUT2D eigenvalue weighted by Gasteiger charge is 2.39. The first-order chi connectivity index (χ1) is 12.8. The van der Waals surface area contributed by atoms with Crippen LogP contribution in [-0.2, 0) is 9.59 Å². The molecule has 0 unspecified atom stereocenters. The van der Waals surface area contributed by atoms with E-state index in [1.165, 1.54) is 32.4 Å². The number of anilines is 2. The molecular weight excluding hydrogens is 415 g/mol. The molecule has 0 saturated heterocycles. The first kappa shape index (κ1) is 19.4. The van der Waals surface area contributed by atoms with Crippen molar-refractivity contribution >= 4 is 58.0 Å². The highest BCUT2D eigenvalue weighted by molar-refractivity contribution is 6.53. The lowest BCUT2D eigenvalue weighted by Crippen LogP contribution is -2.32. The van der Waals surface area contributed by atoms with E-state index in [1.54, 1.807) is 18.2 Å². The summed E-state index contributed by atoms with van der Waals surface area (Å²) in [6.45, 7) is 0. The smallest absolute Gasteiger partial charge is 0.283 e. The van der Waals surface area contributed by atoms with E-state index >= 15 is 0 Å². The van der Waals surface area contributed by atoms with Gasteiger partial charge in [-0.25, -0.2) is 4.90 Å². The molecule has 9 heteroatoms. The van der Waals surface area contributed by atoms with Crippen molar-refractivity contribution in [3.05, 3.63) is 57.2 Å². The van der Waals surface area contributed by atoms with E-state index in [0.29, 0.717) is 17.2 Å². The summed E-state index contributed by atoms with van der Waals surface area (Å²) >= 11 is 18.1. The molecule has 1 N–H and O–H groups in total. The molecule has 2 aromatic rings. The zero-order chi connectivity index (χ0) is 19.7. The lowest BCUT2D eigenvalue weighted by atomic mass is 10.2. The van der Waals surface area contributed by atoms with Crippen LogP contribution in [0.2, 0.25) is 10.0 Å². The zero-order valence-corrected chi connectivity index (χ0v) is 16.4. The summed E-state index contributed by atoms with van der Waals surface area (Å²) in [5.41, 5.74) is 0.582. The molecule has 1 heterocycles. The molecule has 140 valence electrons. The average Bonchev–Trinajstić information content (AvgIpc) is 2.84. The molecule has 1 aliphatic heterocycles. The second-order valence-corrected chi connectivity index (χ2v) is 6.70. The van der Waals surface area contributed by atoms with Crippen molar-refractivity contribution in [2.75, 3.05) is 24.4 Å². The van der Waals surface area contributed by atoms with E-state index in [2.05, 4.69) is 5.32 Å². The number of rotatable bonds is 5. The number of ether oxygens (including phenoxy) is 2. The van der Waals surface area contributed by atoms with Crippen LogP contribution in [0.4, 0.5) is 11.4 Å². The number of benzene rings is 2. The van der Waals surface area contributed by atoms with Gasteiger partial charge in [-0.2, -0.15) is 0 Å². The molecule has 0 atom stereocenters. The zero-order valence-electron chi connectivity index (χ0n) is 14.2. The lowest BCUT2D eigenvalue weighted by molar-refractivity contribution is -0.120. The molecule has 3 rings (SSSR count). The van der Waals surface area contributed by atoms with Crippen LogP contribution < -0.4 is 19.7 Å². The standard InChI is InChI=1S/C18H13Cl3N2O4/c1-26-12-3-4-13(14(8-12)27-2)22-16-15(21)17(24)23(18(16)25)11-6-9(19)5-10(20)7-11/h3-8,22H,1-2H3. The van der Waals surface area contributed by atoms with Gasteiger partial charge < -0.3 is 14.8 Å². The normalized spacial score (nSPS) is 14.0. The van der Waals surface area contributed by atoms with Gasteiger partial charge in [-0.15, -0.1) is 0 Å². The monoisotopic (exact) mass is 426 g/mol. The van der Waals surface area contributed by atoms with Gasteiger partial charge in [0.25, 0.3) is 11.8 Å². The van der Waals surface area contributed by atoms with E-state index in [9.17, 15) is 9.59 Å². The summed E-state index contributed by atoms with van der Waals surface area (Å²) in [6.07, 6.45) is 0. The first-order valence-electron chi connectivity index (χ1n) is 7.59. The Kier molecular flexibility index (Phi) is 5.51. The van der Waals surface area contributed by atoms with Crippen LogP contribution in [0.5, 0.6) is 11.5 Å². The summed E-state index contributed by atoms with van der Waals surface area (Å²) < 4.78 is 10.4. The third-order valence-corrected chi connectivity index (χ3v) is 4.59. The van der Waals surface area contributed by atoms with Gasteiger partial charge in [-0.05, 0) is 30.3 Å². The Morgan fingerprint density at radius 3 is 2.15 bits per heavy atom. The Bertz CT molecular complexity index is 955. The van der Waals surface area contributed by atoms with E-state index in [0.717, 1.165) is 4.90 Å². The largest absolute Gasteiger partial charge is 0.497 e. The summed E-state index contributed by atoms with van der Waals surface area (Å²) in [6, 6.07) is 9.34. The molecule has 0 aromatic heterocycles. The second kappa shape index (κ2) is 7.68. The molecule has 0 saturated carbocycles. The maximum Gasteiger partial charge on any atom is 0.283 e. The molecule has 2 amide bonds. The number of hydrogen-bond acceptors (Lipinski definition) is 5. The Morgan fingerprint density at radius 2 is 1.56 bits per heavy atom. The quantitative estimate of drug-likeness (QED) is 0.714. The number of hydrogen-bond donors (Lipinski definition) is 1. The van der Waals surface area contributed by atoms with Crippen molar-refractivity contribution in [1.82, 2.24) is 0 Å². The summed E-state index contributed by atoms with van der Waals surface area (Å²) in [5, 5.41) is 3.17. The SMILES string of the molecule is COc1ccc(NC2=C(Cl)C(=O)N(c3cc(Cl)cc(Cl)c3)C2=O)c(OC)c1. The van der Waals surface area contributed by atoms with Crippen molar-refractivity contribution in [2.45, 2.75) is 0 Å². The van der Waals surface area contributed by atoms with Crippen LogP contribution in [0, 0.1) is 0 Å². The third kappa shape index (κ3) is 3.69. The fourth-order valence-electron chi connectivity index (χ4n) is 2.55. The predicted molar refractivity (Wildman–Crippen MR) is 105 cm³/mol. The van der Waals surface area contributed by atoms with Crippen molar-refractivity contribution in [2.24, 2.45) is 0 Å². The first-order valence-corrected chi connectivity index (χ1v) is 8.72. The number of nitrogens with zero attached hydrogens (tertiary/aromatic N) is 1. The van der Waals surface area contributed by atoms with Crippen LogP contribution in [-0.4, -0.2) is 26.0 Å². The molecular formula is C18H13Cl3N2O4. The number of methoxy groups -OCH3 is 2. The summed E-state index contributed by atoms with van der Waals surface area (Å²) in [7, 11) is 2.99. The Labute approximate surface area is 170 Å². The molecule has 0 aliphatic carbocycles. The maximum absolute atomic E-state index is 12.8. The number of nitrogens with one attached hydrogen (secondary N) is 1. The molecule has 0 bridgehead atoms. The fraction of sp³-hybridized carbons (Fsp3) is 0.111. The van der Waals surface area contributed by atoms with Gasteiger partial charge in [0.2, 0.25) is 0 Å². The number of imide groups is 1. The Balaban J connectivity index is 1.95. The minimum absolute atomic E-state index is 0.0822. The highest BCUT2D eigenvalue weighted by atomic mass is 35.5. The average molecular weight is 428 g/mol. The maximum atomic E-state index is 12.8. The van der Waals surface area contributed by atoms with E-state index in [4.69, 9.17) is 44.3 Å². The highest BCUT2D eigenvalue weighted by Crippen LogP contribution is 2.36. The molecule has 0 radical (unpaired) electrons. The van der Waals surface area contributed by atoms with Crippen LogP contribution in [0.15, 0.2) is 47.1 Å². The molecule has 1 aliphatic rings. The second-order valence-electron chi connectivity index (χ2n) is 5.45. The summed E-state index contributed by atoms with van der Waals surface area (Å²) in [5.74, 6) is -0.339. The molecule has 27 heavy (non-hydrogen) atoms. The topological polar surface area (TPSA) is 67.9 Å². The van der Waals surface area contributed by atoms with Crippen molar-refractivity contribution < 1.29 is 19.1 Å². The lowest BCUT2D eigenvalue weighted by Gasteiger charge is -2.16. The third-order valence-electron chi connectivity index (χ3n) is 3.80. The van der Waals surface area contributed by atoms with Gasteiger partial charge in [0, 0.05) is 16.1 Å². The van der Waals surface area contributed by atoms with Crippen LogP contribution in [0.3, 0.4) is 0 Å². The van der Waals surface area contributed by atoms with Gasteiger partial charge >= 0.3 is 0 Å². The molecule has 2 aromatic carbocycles. The van der Waals surface area contributed by atoms with Crippen LogP contribution in [0.25, 0.3) is 0 Å². The van der Waals surface area contributed by atoms with Crippen molar-refractivity contribution in [3.63, 3.8) is 0 Å². The Hall–Kier alpha value is -2.41. The summed E-state index contributed by atoms with van der Waals surface area (Å²) in [4.78, 5) is 26.3. The minimum atomic E-state index is -0.685. The Morgan fingerprint density at radius 1 is 0.889 bits per heavy atom. The fourth-order valence-corrected chi connectivity index (χ4v) is 3.28. The van der Waals surface area contributed by atoms with E-state index < -0.39 is 11.8 Å². The molecule has 6 nitrogen and oxygen atoms in total. The number of carbonyl (C=O) groups is 2. The van der Waals surface area contributed by atoms with Crippen LogP contribution >= 0.6 is 34.8 Å². The van der Waals surface area contributed by atoms with Gasteiger partial charge in [0.1, 0.15) is 22.2 Å².